The summed E-state index contributed by atoms with van der Waals surface area (Å²) in [5, 5.41) is 0. The second kappa shape index (κ2) is 6.21. The van der Waals surface area contributed by atoms with Crippen molar-refractivity contribution in [2.24, 2.45) is 0 Å². The number of halogens is 3. The lowest BCUT2D eigenvalue weighted by molar-refractivity contribution is -0.137. The molecule has 0 spiro atoms. The minimum Gasteiger partial charge on any atom is -0.461 e. The van der Waals surface area contributed by atoms with Crippen LogP contribution in [-0.2, 0) is 10.9 Å². The van der Waals surface area contributed by atoms with E-state index < -0.39 is 17.7 Å². The van der Waals surface area contributed by atoms with Crippen molar-refractivity contribution in [2.75, 3.05) is 6.61 Å². The van der Waals surface area contributed by atoms with Crippen LogP contribution in [-0.4, -0.2) is 22.1 Å². The molecule has 0 radical (unpaired) electrons. The first kappa shape index (κ1) is 16.1. The Labute approximate surface area is 125 Å². The zero-order chi connectivity index (χ0) is 16.3. The van der Waals surface area contributed by atoms with Crippen molar-refractivity contribution < 1.29 is 22.7 Å². The van der Waals surface area contributed by atoms with Gasteiger partial charge in [-0.25, -0.2) is 9.78 Å². The van der Waals surface area contributed by atoms with E-state index in [0.29, 0.717) is 5.56 Å². The molecule has 0 saturated carbocycles. The molecular weight excluding hydrogens is 297 g/mol. The average Bonchev–Trinajstić information content (AvgIpc) is 2.95. The minimum absolute atomic E-state index is 0.235. The van der Waals surface area contributed by atoms with Crippen LogP contribution in [0.3, 0.4) is 0 Å². The van der Waals surface area contributed by atoms with Crippen LogP contribution in [0.4, 0.5) is 13.2 Å². The van der Waals surface area contributed by atoms with Crippen molar-refractivity contribution in [3.8, 4) is 0 Å². The number of rotatable bonds is 4. The van der Waals surface area contributed by atoms with E-state index in [1.807, 2.05) is 0 Å². The van der Waals surface area contributed by atoms with Crippen molar-refractivity contribution in [1.29, 1.82) is 0 Å². The number of benzene rings is 1. The Hall–Kier alpha value is -2.31. The Kier molecular flexibility index (Phi) is 4.54. The Morgan fingerprint density at radius 3 is 2.50 bits per heavy atom. The fourth-order valence-corrected chi connectivity index (χ4v) is 2.09. The van der Waals surface area contributed by atoms with Gasteiger partial charge in [0.05, 0.1) is 30.7 Å². The second-order valence-corrected chi connectivity index (χ2v) is 4.70. The lowest BCUT2D eigenvalue weighted by atomic mass is 10.1. The summed E-state index contributed by atoms with van der Waals surface area (Å²) < 4.78 is 44.2. The van der Waals surface area contributed by atoms with Gasteiger partial charge in [-0.05, 0) is 31.5 Å². The highest BCUT2D eigenvalue weighted by atomic mass is 19.4. The smallest absolute Gasteiger partial charge is 0.416 e. The maximum absolute atomic E-state index is 12.6. The Morgan fingerprint density at radius 1 is 1.32 bits per heavy atom. The van der Waals surface area contributed by atoms with Gasteiger partial charge < -0.3 is 9.30 Å². The predicted molar refractivity (Wildman–Crippen MR) is 73.4 cm³/mol. The summed E-state index contributed by atoms with van der Waals surface area (Å²) >= 11 is 0. The molecule has 2 rings (SSSR count). The van der Waals surface area contributed by atoms with Gasteiger partial charge in [0.2, 0.25) is 0 Å². The van der Waals surface area contributed by atoms with Gasteiger partial charge in [0, 0.05) is 0 Å². The zero-order valence-electron chi connectivity index (χ0n) is 12.1. The molecular formula is C15H15F3N2O2. The lowest BCUT2D eigenvalue weighted by Gasteiger charge is -2.17. The van der Waals surface area contributed by atoms with Crippen molar-refractivity contribution in [2.45, 2.75) is 26.1 Å². The zero-order valence-corrected chi connectivity index (χ0v) is 12.1. The molecule has 4 nitrogen and oxygen atoms in total. The molecule has 7 heteroatoms. The molecule has 0 aliphatic carbocycles. The highest BCUT2D eigenvalue weighted by Gasteiger charge is 2.30. The third-order valence-electron chi connectivity index (χ3n) is 3.29. The quantitative estimate of drug-likeness (QED) is 0.809. The van der Waals surface area contributed by atoms with Crippen molar-refractivity contribution in [3.05, 3.63) is 53.6 Å². The third kappa shape index (κ3) is 3.29. The third-order valence-corrected chi connectivity index (χ3v) is 3.29. The largest absolute Gasteiger partial charge is 0.461 e. The number of carbonyl (C=O) groups is 1. The molecule has 1 aromatic heterocycles. The van der Waals surface area contributed by atoms with Gasteiger partial charge in [0.15, 0.2) is 0 Å². The molecule has 0 N–H and O–H groups in total. The standard InChI is InChI=1S/C15H15F3N2O2/c1-3-22-14(21)13-8-19-9-20(13)10(2)11-4-6-12(7-5-11)15(16,17)18/h4-10H,3H2,1-2H3. The van der Waals surface area contributed by atoms with Crippen LogP contribution in [0.15, 0.2) is 36.8 Å². The summed E-state index contributed by atoms with van der Waals surface area (Å²) in [4.78, 5) is 15.7. The summed E-state index contributed by atoms with van der Waals surface area (Å²) in [6.45, 7) is 3.70. The van der Waals surface area contributed by atoms with E-state index in [1.165, 1.54) is 24.7 Å². The molecule has 0 aliphatic heterocycles. The van der Waals surface area contributed by atoms with Gasteiger partial charge >= 0.3 is 12.1 Å². The SMILES string of the molecule is CCOC(=O)c1cncn1C(C)c1ccc(C(F)(F)F)cc1. The van der Waals surface area contributed by atoms with Crippen LogP contribution >= 0.6 is 0 Å². The summed E-state index contributed by atoms with van der Waals surface area (Å²) in [5.41, 5.74) is 0.186. The van der Waals surface area contributed by atoms with Gasteiger partial charge in [0.25, 0.3) is 0 Å². The maximum atomic E-state index is 12.6. The number of imidazole rings is 1. The predicted octanol–water partition coefficient (Wildman–Crippen LogP) is 3.69. The van der Waals surface area contributed by atoms with E-state index in [-0.39, 0.29) is 18.3 Å². The Morgan fingerprint density at radius 2 is 1.95 bits per heavy atom. The van der Waals surface area contributed by atoms with Gasteiger partial charge in [-0.15, -0.1) is 0 Å². The summed E-state index contributed by atoms with van der Waals surface area (Å²) in [6, 6.07) is 4.48. The van der Waals surface area contributed by atoms with Crippen LogP contribution < -0.4 is 0 Å². The lowest BCUT2D eigenvalue weighted by Crippen LogP contribution is -2.15. The number of alkyl halides is 3. The van der Waals surface area contributed by atoms with E-state index in [1.54, 1.807) is 18.4 Å². The van der Waals surface area contributed by atoms with E-state index >= 15 is 0 Å². The number of hydrogen-bond donors (Lipinski definition) is 0. The van der Waals surface area contributed by atoms with Gasteiger partial charge in [-0.1, -0.05) is 12.1 Å². The molecule has 118 valence electrons. The first-order valence-electron chi connectivity index (χ1n) is 6.70. The number of nitrogens with zero attached hydrogens (tertiary/aromatic N) is 2. The average molecular weight is 312 g/mol. The van der Waals surface area contributed by atoms with Gasteiger partial charge in [-0.3, -0.25) is 0 Å². The van der Waals surface area contributed by atoms with Crippen molar-refractivity contribution >= 4 is 5.97 Å². The number of aromatic nitrogens is 2. The number of esters is 1. The molecule has 1 atom stereocenters. The van der Waals surface area contributed by atoms with E-state index in [2.05, 4.69) is 4.98 Å². The second-order valence-electron chi connectivity index (χ2n) is 4.70. The summed E-state index contributed by atoms with van der Waals surface area (Å²) in [7, 11) is 0. The molecule has 2 aromatic rings. The van der Waals surface area contributed by atoms with Crippen LogP contribution in [0.1, 0.15) is 41.5 Å². The van der Waals surface area contributed by atoms with Crippen LogP contribution in [0.5, 0.6) is 0 Å². The number of hydrogen-bond acceptors (Lipinski definition) is 3. The van der Waals surface area contributed by atoms with Crippen molar-refractivity contribution in [1.82, 2.24) is 9.55 Å². The molecule has 0 bridgehead atoms. The normalized spacial score (nSPS) is 13.0. The van der Waals surface area contributed by atoms with Crippen LogP contribution in [0.25, 0.3) is 0 Å². The van der Waals surface area contributed by atoms with E-state index in [4.69, 9.17) is 4.74 Å². The van der Waals surface area contributed by atoms with Gasteiger partial charge in [0.1, 0.15) is 5.69 Å². The van der Waals surface area contributed by atoms with Gasteiger partial charge in [-0.2, -0.15) is 13.2 Å². The fraction of sp³-hybridized carbons (Fsp3) is 0.333. The topological polar surface area (TPSA) is 44.1 Å². The molecule has 1 aromatic carbocycles. The molecule has 22 heavy (non-hydrogen) atoms. The number of carbonyl (C=O) groups excluding carboxylic acids is 1. The molecule has 1 heterocycles. The first-order valence-corrected chi connectivity index (χ1v) is 6.70. The highest BCUT2D eigenvalue weighted by molar-refractivity contribution is 5.87. The highest BCUT2D eigenvalue weighted by Crippen LogP contribution is 2.30. The van der Waals surface area contributed by atoms with Crippen LogP contribution in [0, 0.1) is 0 Å². The maximum Gasteiger partial charge on any atom is 0.416 e. The number of ether oxygens (including phenoxy) is 1. The van der Waals surface area contributed by atoms with Crippen molar-refractivity contribution in [3.63, 3.8) is 0 Å². The molecule has 0 aliphatic rings. The Balaban J connectivity index is 2.27. The minimum atomic E-state index is -4.37. The van der Waals surface area contributed by atoms with E-state index in [9.17, 15) is 18.0 Å². The summed E-state index contributed by atoms with van der Waals surface area (Å²) in [5.74, 6) is -0.515. The molecule has 0 fully saturated rings. The fourth-order valence-electron chi connectivity index (χ4n) is 2.09. The molecule has 0 amide bonds. The Bertz CT molecular complexity index is 648. The monoisotopic (exact) mass is 312 g/mol. The van der Waals surface area contributed by atoms with Crippen LogP contribution in [0.2, 0.25) is 0 Å². The first-order chi connectivity index (χ1) is 10.3. The van der Waals surface area contributed by atoms with E-state index in [0.717, 1.165) is 12.1 Å². The molecule has 0 saturated heterocycles. The summed E-state index contributed by atoms with van der Waals surface area (Å²) in [6.07, 6.45) is -1.54. The molecule has 1 unspecified atom stereocenters.